The Bertz CT molecular complexity index is 1120. The van der Waals surface area contributed by atoms with Crippen molar-refractivity contribution in [1.29, 1.82) is 0 Å². The molecule has 3 aromatic heterocycles. The lowest BCUT2D eigenvalue weighted by molar-refractivity contribution is 0.406. The highest BCUT2D eigenvalue weighted by molar-refractivity contribution is 7.88. The summed E-state index contributed by atoms with van der Waals surface area (Å²) >= 11 is 1.78. The van der Waals surface area contributed by atoms with Crippen LogP contribution in [-0.4, -0.2) is 47.0 Å². The van der Waals surface area contributed by atoms with Gasteiger partial charge in [0.1, 0.15) is 17.0 Å². The standard InChI is InChI=1S/C21H27N5O2S2/c1-15-6-7-17-18(11-15)29-21-19(17)20(24-14-25-21)23-9-4-10-26(30(2,27)28)13-16-5-3-8-22-12-16/h3,5,8,12,14-15H,4,6-7,9-11,13H2,1-2H3,(H,23,24,25)/t15-/m0/s1. The number of nitrogens with zero attached hydrogens (tertiary/aromatic N) is 4. The van der Waals surface area contributed by atoms with E-state index in [-0.39, 0.29) is 0 Å². The van der Waals surface area contributed by atoms with Crippen LogP contribution < -0.4 is 5.32 Å². The van der Waals surface area contributed by atoms with E-state index < -0.39 is 10.0 Å². The minimum absolute atomic E-state index is 0.334. The molecular formula is C21H27N5O2S2. The maximum atomic E-state index is 12.2. The molecule has 3 aromatic rings. The zero-order valence-electron chi connectivity index (χ0n) is 17.3. The number of fused-ring (bicyclic) bond motifs is 3. The van der Waals surface area contributed by atoms with Crippen LogP contribution >= 0.6 is 11.3 Å². The number of aromatic nitrogens is 3. The molecule has 1 N–H and O–H groups in total. The summed E-state index contributed by atoms with van der Waals surface area (Å²) in [5.74, 6) is 1.59. The lowest BCUT2D eigenvalue weighted by atomic mass is 9.89. The van der Waals surface area contributed by atoms with Gasteiger partial charge < -0.3 is 5.32 Å². The maximum absolute atomic E-state index is 12.2. The third-order valence-corrected chi connectivity index (χ3v) is 7.93. The molecule has 0 unspecified atom stereocenters. The van der Waals surface area contributed by atoms with Crippen LogP contribution in [0.25, 0.3) is 10.2 Å². The number of nitrogens with one attached hydrogen (secondary N) is 1. The van der Waals surface area contributed by atoms with Gasteiger partial charge in [-0.05, 0) is 48.8 Å². The van der Waals surface area contributed by atoms with Gasteiger partial charge in [-0.3, -0.25) is 4.98 Å². The van der Waals surface area contributed by atoms with Crippen LogP contribution in [0.2, 0.25) is 0 Å². The molecular weight excluding hydrogens is 418 g/mol. The van der Waals surface area contributed by atoms with Crippen LogP contribution in [-0.2, 0) is 29.4 Å². The highest BCUT2D eigenvalue weighted by Gasteiger charge is 2.23. The van der Waals surface area contributed by atoms with E-state index in [1.54, 1.807) is 30.1 Å². The summed E-state index contributed by atoms with van der Waals surface area (Å²) in [6, 6.07) is 3.71. The van der Waals surface area contributed by atoms with E-state index in [0.717, 1.165) is 40.4 Å². The highest BCUT2D eigenvalue weighted by atomic mass is 32.2. The Morgan fingerprint density at radius 1 is 1.33 bits per heavy atom. The van der Waals surface area contributed by atoms with Crippen molar-refractivity contribution in [3.05, 3.63) is 46.9 Å². The zero-order chi connectivity index (χ0) is 21.1. The SMILES string of the molecule is C[C@H]1CCc2c(sc3ncnc(NCCCN(Cc4cccnc4)S(C)(=O)=O)c23)C1. The fourth-order valence-corrected chi connectivity index (χ4v) is 6.12. The second kappa shape index (κ2) is 8.95. The van der Waals surface area contributed by atoms with Crippen LogP contribution in [0.15, 0.2) is 30.9 Å². The molecule has 3 heterocycles. The second-order valence-electron chi connectivity index (χ2n) is 7.99. The van der Waals surface area contributed by atoms with Crippen molar-refractivity contribution in [2.45, 2.75) is 39.2 Å². The van der Waals surface area contributed by atoms with Gasteiger partial charge in [0.2, 0.25) is 10.0 Å². The second-order valence-corrected chi connectivity index (χ2v) is 11.1. The highest BCUT2D eigenvalue weighted by Crippen LogP contribution is 2.39. The van der Waals surface area contributed by atoms with Gasteiger partial charge in [0, 0.05) is 36.9 Å². The first-order valence-electron chi connectivity index (χ1n) is 10.2. The number of aryl methyl sites for hydroxylation is 1. The Labute approximate surface area is 181 Å². The van der Waals surface area contributed by atoms with Gasteiger partial charge in [0.15, 0.2) is 0 Å². The van der Waals surface area contributed by atoms with Gasteiger partial charge in [0.25, 0.3) is 0 Å². The van der Waals surface area contributed by atoms with Crippen LogP contribution in [0.4, 0.5) is 5.82 Å². The monoisotopic (exact) mass is 445 g/mol. The third kappa shape index (κ3) is 4.79. The summed E-state index contributed by atoms with van der Waals surface area (Å²) in [5.41, 5.74) is 2.28. The van der Waals surface area contributed by atoms with E-state index in [0.29, 0.717) is 26.1 Å². The molecule has 0 saturated heterocycles. The Morgan fingerprint density at radius 3 is 2.97 bits per heavy atom. The smallest absolute Gasteiger partial charge is 0.211 e. The molecule has 0 fully saturated rings. The van der Waals surface area contributed by atoms with E-state index in [1.807, 2.05) is 12.1 Å². The molecule has 1 aliphatic carbocycles. The average Bonchev–Trinajstić information content (AvgIpc) is 3.08. The Kier molecular flexibility index (Phi) is 6.31. The van der Waals surface area contributed by atoms with Crippen LogP contribution in [0.3, 0.4) is 0 Å². The zero-order valence-corrected chi connectivity index (χ0v) is 19.0. The maximum Gasteiger partial charge on any atom is 0.211 e. The number of pyridine rings is 1. The largest absolute Gasteiger partial charge is 0.369 e. The molecule has 0 aromatic carbocycles. The summed E-state index contributed by atoms with van der Waals surface area (Å²) in [6.45, 7) is 3.72. The number of thiophene rings is 1. The predicted octanol–water partition coefficient (Wildman–Crippen LogP) is 3.47. The quantitative estimate of drug-likeness (QED) is 0.534. The average molecular weight is 446 g/mol. The molecule has 0 amide bonds. The molecule has 4 rings (SSSR count). The minimum atomic E-state index is -3.30. The molecule has 0 saturated carbocycles. The minimum Gasteiger partial charge on any atom is -0.369 e. The van der Waals surface area contributed by atoms with Crippen molar-refractivity contribution in [2.75, 3.05) is 24.7 Å². The lowest BCUT2D eigenvalue weighted by Gasteiger charge is -2.20. The summed E-state index contributed by atoms with van der Waals surface area (Å²) in [5, 5.41) is 4.58. The first kappa shape index (κ1) is 21.1. The molecule has 0 spiro atoms. The Morgan fingerprint density at radius 2 is 2.20 bits per heavy atom. The fourth-order valence-electron chi connectivity index (χ4n) is 3.93. The topological polar surface area (TPSA) is 88.1 Å². The molecule has 0 bridgehead atoms. The Balaban J connectivity index is 1.42. The van der Waals surface area contributed by atoms with Gasteiger partial charge in [-0.2, -0.15) is 4.31 Å². The third-order valence-electron chi connectivity index (χ3n) is 5.52. The van der Waals surface area contributed by atoms with Crippen molar-refractivity contribution in [3.63, 3.8) is 0 Å². The molecule has 1 aliphatic rings. The van der Waals surface area contributed by atoms with Crippen LogP contribution in [0, 0.1) is 5.92 Å². The molecule has 30 heavy (non-hydrogen) atoms. The summed E-state index contributed by atoms with van der Waals surface area (Å²) < 4.78 is 25.9. The van der Waals surface area contributed by atoms with E-state index >= 15 is 0 Å². The van der Waals surface area contributed by atoms with Gasteiger partial charge >= 0.3 is 0 Å². The first-order chi connectivity index (χ1) is 14.4. The summed E-state index contributed by atoms with van der Waals surface area (Å²) in [7, 11) is -3.30. The molecule has 7 nitrogen and oxygen atoms in total. The molecule has 9 heteroatoms. The lowest BCUT2D eigenvalue weighted by Crippen LogP contribution is -2.31. The van der Waals surface area contributed by atoms with Crippen LogP contribution in [0.1, 0.15) is 35.8 Å². The molecule has 1 atom stereocenters. The number of rotatable bonds is 8. The van der Waals surface area contributed by atoms with Gasteiger partial charge in [-0.15, -0.1) is 11.3 Å². The predicted molar refractivity (Wildman–Crippen MR) is 121 cm³/mol. The van der Waals surface area contributed by atoms with Crippen molar-refractivity contribution in [1.82, 2.24) is 19.3 Å². The van der Waals surface area contributed by atoms with E-state index in [4.69, 9.17) is 0 Å². The molecule has 0 aliphatic heterocycles. The van der Waals surface area contributed by atoms with Crippen LogP contribution in [0.5, 0.6) is 0 Å². The normalized spacial score (nSPS) is 16.7. The van der Waals surface area contributed by atoms with Gasteiger partial charge in [-0.25, -0.2) is 18.4 Å². The van der Waals surface area contributed by atoms with Crippen molar-refractivity contribution in [2.24, 2.45) is 5.92 Å². The summed E-state index contributed by atoms with van der Waals surface area (Å²) in [6.07, 6.45) is 10.3. The van der Waals surface area contributed by atoms with Crippen molar-refractivity contribution >= 4 is 37.4 Å². The molecule has 0 radical (unpaired) electrons. The first-order valence-corrected chi connectivity index (χ1v) is 12.9. The van der Waals surface area contributed by atoms with E-state index in [1.165, 1.54) is 27.4 Å². The van der Waals surface area contributed by atoms with Gasteiger partial charge in [-0.1, -0.05) is 13.0 Å². The van der Waals surface area contributed by atoms with Gasteiger partial charge in [0.05, 0.1) is 11.6 Å². The number of anilines is 1. The molecule has 160 valence electrons. The Hall–Kier alpha value is -2.10. The fraction of sp³-hybridized carbons (Fsp3) is 0.476. The van der Waals surface area contributed by atoms with Crippen molar-refractivity contribution < 1.29 is 8.42 Å². The van der Waals surface area contributed by atoms with E-state index in [2.05, 4.69) is 27.2 Å². The summed E-state index contributed by atoms with van der Waals surface area (Å²) in [4.78, 5) is 15.5. The number of hydrogen-bond acceptors (Lipinski definition) is 7. The van der Waals surface area contributed by atoms with Crippen molar-refractivity contribution in [3.8, 4) is 0 Å². The number of sulfonamides is 1. The number of hydrogen-bond donors (Lipinski definition) is 1. The van der Waals surface area contributed by atoms with E-state index in [9.17, 15) is 8.42 Å².